The maximum absolute atomic E-state index is 13.5. The van der Waals surface area contributed by atoms with Crippen molar-refractivity contribution in [1.29, 1.82) is 0 Å². The van der Waals surface area contributed by atoms with Crippen molar-refractivity contribution < 1.29 is 18.7 Å². The summed E-state index contributed by atoms with van der Waals surface area (Å²) in [6, 6.07) is 20.3. The Hall–Kier alpha value is -4.46. The molecule has 0 unspecified atom stereocenters. The van der Waals surface area contributed by atoms with Gasteiger partial charge < -0.3 is 20.1 Å². The van der Waals surface area contributed by atoms with Gasteiger partial charge in [-0.25, -0.2) is 14.4 Å². The molecule has 0 aliphatic heterocycles. The minimum absolute atomic E-state index is 0.216. The SMILES string of the molecule is COc1ccc(OC)c(CNC(=O)c2ccc(Nc3ccnc(-c4cccc(F)c4)n3)cc2)c1. The van der Waals surface area contributed by atoms with E-state index in [0.717, 1.165) is 11.3 Å². The van der Waals surface area contributed by atoms with Crippen LogP contribution in [-0.2, 0) is 6.54 Å². The van der Waals surface area contributed by atoms with Gasteiger partial charge in [0.05, 0.1) is 14.2 Å². The first kappa shape index (κ1) is 22.7. The molecule has 0 aliphatic rings. The summed E-state index contributed by atoms with van der Waals surface area (Å²) in [5, 5.41) is 6.07. The molecule has 0 bridgehead atoms. The average molecular weight is 458 g/mol. The van der Waals surface area contributed by atoms with E-state index in [0.29, 0.717) is 40.8 Å². The van der Waals surface area contributed by atoms with Crippen molar-refractivity contribution in [3.8, 4) is 22.9 Å². The molecule has 4 rings (SSSR count). The highest BCUT2D eigenvalue weighted by atomic mass is 19.1. The molecule has 34 heavy (non-hydrogen) atoms. The second-order valence-corrected chi connectivity index (χ2v) is 7.34. The molecule has 0 saturated carbocycles. The lowest BCUT2D eigenvalue weighted by Gasteiger charge is -2.12. The minimum atomic E-state index is -0.349. The minimum Gasteiger partial charge on any atom is -0.497 e. The van der Waals surface area contributed by atoms with Crippen molar-refractivity contribution in [3.05, 3.63) is 95.9 Å². The van der Waals surface area contributed by atoms with Crippen molar-refractivity contribution in [2.24, 2.45) is 0 Å². The molecule has 3 aromatic carbocycles. The molecular formula is C26H23FN4O3. The van der Waals surface area contributed by atoms with Crippen LogP contribution in [0.5, 0.6) is 11.5 Å². The fourth-order valence-electron chi connectivity index (χ4n) is 3.35. The zero-order chi connectivity index (χ0) is 23.9. The summed E-state index contributed by atoms with van der Waals surface area (Å²) in [5.74, 6) is 1.75. The standard InChI is InChI=1S/C26H23FN4O3/c1-33-22-10-11-23(34-2)19(15-22)16-29-26(32)17-6-8-21(9-7-17)30-24-12-13-28-25(31-24)18-4-3-5-20(27)14-18/h3-15H,16H2,1-2H3,(H,29,32)(H,28,30,31). The first-order valence-corrected chi connectivity index (χ1v) is 10.5. The van der Waals surface area contributed by atoms with E-state index in [1.807, 2.05) is 6.07 Å². The van der Waals surface area contributed by atoms with E-state index in [2.05, 4.69) is 20.6 Å². The highest BCUT2D eigenvalue weighted by molar-refractivity contribution is 5.94. The van der Waals surface area contributed by atoms with Crippen molar-refractivity contribution >= 4 is 17.4 Å². The Morgan fingerprint density at radius 3 is 2.53 bits per heavy atom. The Balaban J connectivity index is 1.41. The zero-order valence-electron chi connectivity index (χ0n) is 18.7. The van der Waals surface area contributed by atoms with Crippen LogP contribution in [0.25, 0.3) is 11.4 Å². The third-order valence-electron chi connectivity index (χ3n) is 5.08. The fraction of sp³-hybridized carbons (Fsp3) is 0.115. The lowest BCUT2D eigenvalue weighted by Crippen LogP contribution is -2.23. The Kier molecular flexibility index (Phi) is 6.98. The van der Waals surface area contributed by atoms with Gasteiger partial charge in [-0.15, -0.1) is 0 Å². The van der Waals surface area contributed by atoms with E-state index in [9.17, 15) is 9.18 Å². The van der Waals surface area contributed by atoms with Crippen LogP contribution in [0.2, 0.25) is 0 Å². The summed E-state index contributed by atoms with van der Waals surface area (Å²) in [4.78, 5) is 21.3. The lowest BCUT2D eigenvalue weighted by atomic mass is 10.1. The van der Waals surface area contributed by atoms with E-state index in [4.69, 9.17) is 9.47 Å². The normalized spacial score (nSPS) is 10.4. The van der Waals surface area contributed by atoms with E-state index < -0.39 is 0 Å². The maximum Gasteiger partial charge on any atom is 0.251 e. The van der Waals surface area contributed by atoms with Crippen LogP contribution in [0.1, 0.15) is 15.9 Å². The Labute approximate surface area is 196 Å². The van der Waals surface area contributed by atoms with Crippen LogP contribution in [0, 0.1) is 5.82 Å². The molecule has 172 valence electrons. The number of rotatable bonds is 8. The van der Waals surface area contributed by atoms with Gasteiger partial charge in [0, 0.05) is 35.1 Å². The lowest BCUT2D eigenvalue weighted by molar-refractivity contribution is 0.0950. The molecule has 1 heterocycles. The Morgan fingerprint density at radius 1 is 0.971 bits per heavy atom. The first-order valence-electron chi connectivity index (χ1n) is 10.5. The quantitative estimate of drug-likeness (QED) is 0.388. The zero-order valence-corrected chi connectivity index (χ0v) is 18.7. The monoisotopic (exact) mass is 458 g/mol. The summed E-state index contributed by atoms with van der Waals surface area (Å²) < 4.78 is 24.1. The predicted molar refractivity (Wildman–Crippen MR) is 128 cm³/mol. The van der Waals surface area contributed by atoms with Crippen molar-refractivity contribution in [1.82, 2.24) is 15.3 Å². The van der Waals surface area contributed by atoms with Gasteiger partial charge in [0.15, 0.2) is 5.82 Å². The predicted octanol–water partition coefficient (Wildman–Crippen LogP) is 4.97. The van der Waals surface area contributed by atoms with Crippen molar-refractivity contribution in [3.63, 3.8) is 0 Å². The molecule has 1 amide bonds. The number of benzene rings is 3. The molecule has 0 atom stereocenters. The van der Waals surface area contributed by atoms with Crippen LogP contribution in [-0.4, -0.2) is 30.1 Å². The topological polar surface area (TPSA) is 85.4 Å². The average Bonchev–Trinajstić information content (AvgIpc) is 2.87. The highest BCUT2D eigenvalue weighted by Gasteiger charge is 2.10. The number of nitrogens with zero attached hydrogens (tertiary/aromatic N) is 2. The Morgan fingerprint density at radius 2 is 1.79 bits per heavy atom. The van der Waals surface area contributed by atoms with Gasteiger partial charge in [-0.2, -0.15) is 0 Å². The molecule has 0 radical (unpaired) electrons. The van der Waals surface area contributed by atoms with E-state index in [-0.39, 0.29) is 11.7 Å². The summed E-state index contributed by atoms with van der Waals surface area (Å²) in [6.45, 7) is 0.295. The molecule has 2 N–H and O–H groups in total. The number of carbonyl (C=O) groups is 1. The van der Waals surface area contributed by atoms with Gasteiger partial charge in [0.1, 0.15) is 23.1 Å². The molecule has 0 fully saturated rings. The molecular weight excluding hydrogens is 435 g/mol. The third kappa shape index (κ3) is 5.47. The van der Waals surface area contributed by atoms with Crippen molar-refractivity contribution in [2.75, 3.05) is 19.5 Å². The summed E-state index contributed by atoms with van der Waals surface area (Å²) in [7, 11) is 3.17. The number of ether oxygens (including phenoxy) is 2. The Bertz CT molecular complexity index is 1300. The van der Waals surface area contributed by atoms with Crippen LogP contribution in [0.4, 0.5) is 15.9 Å². The molecule has 7 nitrogen and oxygen atoms in total. The molecule has 4 aromatic rings. The number of aromatic nitrogens is 2. The number of nitrogens with one attached hydrogen (secondary N) is 2. The maximum atomic E-state index is 13.5. The third-order valence-corrected chi connectivity index (χ3v) is 5.08. The van der Waals surface area contributed by atoms with Gasteiger partial charge in [0.25, 0.3) is 5.91 Å². The van der Waals surface area contributed by atoms with Crippen LogP contribution in [0.15, 0.2) is 79.0 Å². The molecule has 8 heteroatoms. The van der Waals surface area contributed by atoms with Crippen molar-refractivity contribution in [2.45, 2.75) is 6.54 Å². The number of anilines is 2. The van der Waals surface area contributed by atoms with Gasteiger partial charge in [0.2, 0.25) is 0 Å². The second-order valence-electron chi connectivity index (χ2n) is 7.34. The smallest absolute Gasteiger partial charge is 0.251 e. The van der Waals surface area contributed by atoms with E-state index in [1.165, 1.54) is 12.1 Å². The van der Waals surface area contributed by atoms with Crippen LogP contribution >= 0.6 is 0 Å². The van der Waals surface area contributed by atoms with Crippen LogP contribution in [0.3, 0.4) is 0 Å². The largest absolute Gasteiger partial charge is 0.497 e. The number of amides is 1. The van der Waals surface area contributed by atoms with Gasteiger partial charge >= 0.3 is 0 Å². The number of halogens is 1. The molecule has 1 aromatic heterocycles. The van der Waals surface area contributed by atoms with E-state index >= 15 is 0 Å². The van der Waals surface area contributed by atoms with Gasteiger partial charge in [-0.1, -0.05) is 12.1 Å². The van der Waals surface area contributed by atoms with Crippen LogP contribution < -0.4 is 20.1 Å². The molecule has 0 spiro atoms. The number of methoxy groups -OCH3 is 2. The number of carbonyl (C=O) groups excluding carboxylic acids is 1. The molecule has 0 aliphatic carbocycles. The molecule has 0 saturated heterocycles. The summed E-state index contributed by atoms with van der Waals surface area (Å²) in [5.41, 5.74) is 2.65. The first-order chi connectivity index (χ1) is 16.6. The van der Waals surface area contributed by atoms with Gasteiger partial charge in [-0.3, -0.25) is 4.79 Å². The summed E-state index contributed by atoms with van der Waals surface area (Å²) >= 11 is 0. The summed E-state index contributed by atoms with van der Waals surface area (Å²) in [6.07, 6.45) is 1.60. The second kappa shape index (κ2) is 10.4. The number of hydrogen-bond donors (Lipinski definition) is 2. The van der Waals surface area contributed by atoms with Gasteiger partial charge in [-0.05, 0) is 60.7 Å². The fourth-order valence-corrected chi connectivity index (χ4v) is 3.35. The highest BCUT2D eigenvalue weighted by Crippen LogP contribution is 2.24. The van der Waals surface area contributed by atoms with E-state index in [1.54, 1.807) is 75.0 Å². The number of hydrogen-bond acceptors (Lipinski definition) is 6.